The van der Waals surface area contributed by atoms with E-state index in [0.717, 1.165) is 6.42 Å². The minimum absolute atomic E-state index is 0.0113. The Hall–Kier alpha value is -2.15. The molecule has 140 valence electrons. The molecular weight excluding hydrogens is 329 g/mol. The summed E-state index contributed by atoms with van der Waals surface area (Å²) in [4.78, 5) is 24.3. The minimum atomic E-state index is -1.11. The highest BCUT2D eigenvalue weighted by atomic mass is 19.1. The van der Waals surface area contributed by atoms with Gasteiger partial charge in [0.25, 0.3) is 0 Å². The van der Waals surface area contributed by atoms with Crippen LogP contribution in [0.4, 0.5) is 4.39 Å². The Morgan fingerprint density at radius 2 is 1.84 bits per heavy atom. The number of rotatable bonds is 7. The lowest BCUT2D eigenvalue weighted by Gasteiger charge is -2.40. The van der Waals surface area contributed by atoms with E-state index in [9.17, 15) is 24.2 Å². The van der Waals surface area contributed by atoms with Gasteiger partial charge in [-0.3, -0.25) is 14.5 Å². The summed E-state index contributed by atoms with van der Waals surface area (Å²) in [5.74, 6) is -4.44. The van der Waals surface area contributed by atoms with Crippen LogP contribution in [-0.2, 0) is 9.59 Å². The third kappa shape index (κ3) is 5.16. The lowest BCUT2D eigenvalue weighted by molar-refractivity contribution is -0.147. The van der Waals surface area contributed by atoms with E-state index in [0.29, 0.717) is 18.7 Å². The lowest BCUT2D eigenvalue weighted by atomic mass is 9.84. The average Bonchev–Trinajstić information content (AvgIpc) is 2.50. The maximum Gasteiger partial charge on any atom is 0.321 e. The molecule has 3 N–H and O–H groups in total. The summed E-state index contributed by atoms with van der Waals surface area (Å²) in [7, 11) is 0. The highest BCUT2D eigenvalue weighted by Crippen LogP contribution is 2.35. The van der Waals surface area contributed by atoms with Crippen molar-refractivity contribution in [2.75, 3.05) is 13.1 Å². The maximum atomic E-state index is 14.4. The summed E-state index contributed by atoms with van der Waals surface area (Å²) in [6, 6.07) is 1.74. The standard InChI is InChI=1S/C16H20FNO5.C2H6/c1-9-7-11(14(17)12(19)8-9)10(3-4-13(20)21)15(16(22)23)18-5-2-6-18;1-2/h7-8,10,15,19H,2-6H2,1H3,(H,20,21)(H,22,23);1-2H3. The molecule has 1 fully saturated rings. The van der Waals surface area contributed by atoms with Gasteiger partial charge < -0.3 is 15.3 Å². The van der Waals surface area contributed by atoms with Crippen LogP contribution in [0, 0.1) is 12.7 Å². The molecule has 1 aliphatic heterocycles. The fraction of sp³-hybridized carbons (Fsp3) is 0.556. The summed E-state index contributed by atoms with van der Waals surface area (Å²) in [5.41, 5.74) is 0.648. The molecule has 0 aliphatic carbocycles. The number of hydrogen-bond acceptors (Lipinski definition) is 4. The number of benzene rings is 1. The van der Waals surface area contributed by atoms with Crippen molar-refractivity contribution in [2.24, 2.45) is 0 Å². The van der Waals surface area contributed by atoms with Crippen LogP contribution in [0.15, 0.2) is 12.1 Å². The first kappa shape index (κ1) is 20.9. The van der Waals surface area contributed by atoms with Gasteiger partial charge in [-0.2, -0.15) is 0 Å². The van der Waals surface area contributed by atoms with E-state index in [1.807, 2.05) is 13.8 Å². The highest BCUT2D eigenvalue weighted by Gasteiger charge is 2.39. The molecule has 25 heavy (non-hydrogen) atoms. The molecule has 2 rings (SSSR count). The van der Waals surface area contributed by atoms with Gasteiger partial charge in [-0.15, -0.1) is 0 Å². The molecule has 0 bridgehead atoms. The van der Waals surface area contributed by atoms with Crippen LogP contribution in [0.1, 0.15) is 50.2 Å². The average molecular weight is 355 g/mol. The Labute approximate surface area is 146 Å². The molecule has 1 aliphatic rings. The molecule has 1 aromatic rings. The number of phenols is 1. The zero-order valence-electron chi connectivity index (χ0n) is 14.8. The number of carbonyl (C=O) groups is 2. The molecule has 2 unspecified atom stereocenters. The lowest BCUT2D eigenvalue weighted by Crippen LogP contribution is -2.52. The maximum absolute atomic E-state index is 14.4. The second-order valence-electron chi connectivity index (χ2n) is 5.90. The molecule has 0 spiro atoms. The molecule has 7 heteroatoms. The first-order valence-corrected chi connectivity index (χ1v) is 8.49. The van der Waals surface area contributed by atoms with Gasteiger partial charge in [0.15, 0.2) is 11.6 Å². The quantitative estimate of drug-likeness (QED) is 0.696. The second-order valence-corrected chi connectivity index (χ2v) is 5.90. The van der Waals surface area contributed by atoms with Gasteiger partial charge in [-0.25, -0.2) is 4.39 Å². The minimum Gasteiger partial charge on any atom is -0.505 e. The number of carboxylic acids is 2. The van der Waals surface area contributed by atoms with Crippen LogP contribution in [0.25, 0.3) is 0 Å². The monoisotopic (exact) mass is 355 g/mol. The van der Waals surface area contributed by atoms with Crippen molar-refractivity contribution in [3.8, 4) is 5.75 Å². The van der Waals surface area contributed by atoms with Crippen molar-refractivity contribution in [1.82, 2.24) is 4.90 Å². The van der Waals surface area contributed by atoms with Gasteiger partial charge in [0.05, 0.1) is 0 Å². The molecule has 0 amide bonds. The van der Waals surface area contributed by atoms with Gasteiger partial charge in [0.2, 0.25) is 0 Å². The number of aryl methyl sites for hydroxylation is 1. The fourth-order valence-corrected chi connectivity index (χ4v) is 3.01. The Morgan fingerprint density at radius 3 is 2.28 bits per heavy atom. The Bertz CT molecular complexity index is 616. The number of halogens is 1. The fourth-order valence-electron chi connectivity index (χ4n) is 3.01. The van der Waals surface area contributed by atoms with Gasteiger partial charge in [0, 0.05) is 25.4 Å². The number of aromatic hydroxyl groups is 1. The first-order chi connectivity index (χ1) is 11.8. The van der Waals surface area contributed by atoms with E-state index < -0.39 is 35.5 Å². The molecule has 2 atom stereocenters. The van der Waals surface area contributed by atoms with Crippen molar-refractivity contribution < 1.29 is 29.3 Å². The molecule has 6 nitrogen and oxygen atoms in total. The van der Waals surface area contributed by atoms with Gasteiger partial charge in [0.1, 0.15) is 6.04 Å². The first-order valence-electron chi connectivity index (χ1n) is 8.49. The van der Waals surface area contributed by atoms with E-state index in [2.05, 4.69) is 0 Å². The zero-order chi connectivity index (χ0) is 19.1. The third-order valence-electron chi connectivity index (χ3n) is 4.21. The molecule has 0 radical (unpaired) electrons. The number of carboxylic acid groups (broad SMARTS) is 2. The van der Waals surface area contributed by atoms with Crippen molar-refractivity contribution in [2.45, 2.75) is 52.0 Å². The van der Waals surface area contributed by atoms with Crippen LogP contribution in [-0.4, -0.2) is 51.3 Å². The van der Waals surface area contributed by atoms with Crippen LogP contribution >= 0.6 is 0 Å². The smallest absolute Gasteiger partial charge is 0.321 e. The van der Waals surface area contributed by atoms with Crippen LogP contribution in [0.2, 0.25) is 0 Å². The summed E-state index contributed by atoms with van der Waals surface area (Å²) < 4.78 is 14.4. The molecular formula is C18H26FNO5. The summed E-state index contributed by atoms with van der Waals surface area (Å²) in [6.07, 6.45) is 0.579. The van der Waals surface area contributed by atoms with Crippen molar-refractivity contribution >= 4 is 11.9 Å². The third-order valence-corrected chi connectivity index (χ3v) is 4.21. The Balaban J connectivity index is 0.00000151. The molecule has 1 saturated heterocycles. The Kier molecular flexibility index (Phi) is 7.83. The predicted octanol–water partition coefficient (Wildman–Crippen LogP) is 2.97. The largest absolute Gasteiger partial charge is 0.505 e. The van der Waals surface area contributed by atoms with Gasteiger partial charge >= 0.3 is 11.9 Å². The van der Waals surface area contributed by atoms with Crippen LogP contribution in [0.5, 0.6) is 5.75 Å². The highest BCUT2D eigenvalue weighted by molar-refractivity contribution is 5.75. The summed E-state index contributed by atoms with van der Waals surface area (Å²) in [5, 5.41) is 28.2. The van der Waals surface area contributed by atoms with E-state index in [1.165, 1.54) is 12.1 Å². The van der Waals surface area contributed by atoms with E-state index in [-0.39, 0.29) is 18.4 Å². The summed E-state index contributed by atoms with van der Waals surface area (Å²) in [6.45, 7) is 6.83. The second kappa shape index (κ2) is 9.36. The van der Waals surface area contributed by atoms with Gasteiger partial charge in [-0.05, 0) is 37.0 Å². The predicted molar refractivity (Wildman–Crippen MR) is 91.4 cm³/mol. The Morgan fingerprint density at radius 1 is 1.24 bits per heavy atom. The van der Waals surface area contributed by atoms with Crippen molar-refractivity contribution in [1.29, 1.82) is 0 Å². The van der Waals surface area contributed by atoms with Crippen LogP contribution < -0.4 is 0 Å². The van der Waals surface area contributed by atoms with Crippen molar-refractivity contribution in [3.05, 3.63) is 29.1 Å². The number of phenolic OH excluding ortho intramolecular Hbond substituents is 1. The number of aliphatic carboxylic acids is 2. The molecule has 0 aromatic heterocycles. The topological polar surface area (TPSA) is 98.1 Å². The normalized spacial score (nSPS) is 16.2. The SMILES string of the molecule is CC.Cc1cc(O)c(F)c(C(CCC(=O)O)C(C(=O)O)N2CCC2)c1. The van der Waals surface area contributed by atoms with E-state index in [1.54, 1.807) is 11.8 Å². The van der Waals surface area contributed by atoms with Crippen LogP contribution in [0.3, 0.4) is 0 Å². The molecule has 1 heterocycles. The number of hydrogen-bond donors (Lipinski definition) is 3. The van der Waals surface area contributed by atoms with E-state index in [4.69, 9.17) is 5.11 Å². The van der Waals surface area contributed by atoms with Crippen molar-refractivity contribution in [3.63, 3.8) is 0 Å². The number of likely N-dealkylation sites (tertiary alicyclic amines) is 1. The summed E-state index contributed by atoms with van der Waals surface area (Å²) >= 11 is 0. The van der Waals surface area contributed by atoms with E-state index >= 15 is 0 Å². The zero-order valence-corrected chi connectivity index (χ0v) is 14.8. The van der Waals surface area contributed by atoms with Gasteiger partial charge in [-0.1, -0.05) is 19.9 Å². The molecule has 0 saturated carbocycles. The molecule has 1 aromatic carbocycles. The number of nitrogens with zero attached hydrogens (tertiary/aromatic N) is 1.